The molecule has 0 radical (unpaired) electrons. The van der Waals surface area contributed by atoms with Crippen LogP contribution in [-0.2, 0) is 9.59 Å². The van der Waals surface area contributed by atoms with Crippen LogP contribution in [0.15, 0.2) is 58.4 Å². The molecule has 0 bridgehead atoms. The van der Waals surface area contributed by atoms with E-state index in [9.17, 15) is 9.59 Å². The van der Waals surface area contributed by atoms with Gasteiger partial charge in [0.2, 0.25) is 5.91 Å². The van der Waals surface area contributed by atoms with E-state index in [0.29, 0.717) is 26.5 Å². The van der Waals surface area contributed by atoms with E-state index in [1.165, 1.54) is 18.7 Å². The van der Waals surface area contributed by atoms with E-state index in [1.54, 1.807) is 30.3 Å². The fraction of sp³-hybridized carbons (Fsp3) is 0.0556. The zero-order chi connectivity index (χ0) is 17.8. The number of para-hydroxylation sites is 1. The van der Waals surface area contributed by atoms with Crippen LogP contribution in [0.25, 0.3) is 6.08 Å². The van der Waals surface area contributed by atoms with Crippen molar-refractivity contribution in [1.29, 1.82) is 0 Å². The molecule has 1 aliphatic rings. The fourth-order valence-electron chi connectivity index (χ4n) is 2.15. The first-order chi connectivity index (χ1) is 12.0. The molecular formula is C18H14ClN3O2S. The molecule has 0 aliphatic carbocycles. The highest BCUT2D eigenvalue weighted by Crippen LogP contribution is 2.30. The standard InChI is InChI=1S/C18H14ClN3O2S/c1-11(23)20-13-8-6-12(7-9-13)10-16-17(24)22-18(25-16)21-15-5-3-2-4-14(15)19/h2-10H,1H3,(H,20,23)(H,21,22,24). The van der Waals surface area contributed by atoms with Gasteiger partial charge in [-0.2, -0.15) is 0 Å². The number of amides is 2. The molecule has 3 rings (SSSR count). The molecule has 0 spiro atoms. The quantitative estimate of drug-likeness (QED) is 0.795. The number of rotatable bonds is 3. The molecule has 1 saturated heterocycles. The minimum Gasteiger partial charge on any atom is -0.326 e. The molecule has 2 aromatic rings. The summed E-state index contributed by atoms with van der Waals surface area (Å²) in [4.78, 5) is 28.0. The lowest BCUT2D eigenvalue weighted by Gasteiger charge is -2.02. The van der Waals surface area contributed by atoms with Gasteiger partial charge in [-0.05, 0) is 47.7 Å². The van der Waals surface area contributed by atoms with Crippen LogP contribution in [0.3, 0.4) is 0 Å². The minimum absolute atomic E-state index is 0.128. The second-order valence-corrected chi connectivity index (χ2v) is 6.67. The van der Waals surface area contributed by atoms with Crippen molar-refractivity contribution in [2.45, 2.75) is 6.92 Å². The number of carbonyl (C=O) groups is 2. The second-order valence-electron chi connectivity index (χ2n) is 5.24. The van der Waals surface area contributed by atoms with Gasteiger partial charge in [0.05, 0.1) is 15.6 Å². The topological polar surface area (TPSA) is 70.6 Å². The Hall–Kier alpha value is -2.57. The number of nitrogens with zero attached hydrogens (tertiary/aromatic N) is 1. The first kappa shape index (κ1) is 17.3. The summed E-state index contributed by atoms with van der Waals surface area (Å²) in [7, 11) is 0. The molecule has 1 aliphatic heterocycles. The van der Waals surface area contributed by atoms with Gasteiger partial charge in [0.15, 0.2) is 5.17 Å². The van der Waals surface area contributed by atoms with Gasteiger partial charge in [-0.1, -0.05) is 35.9 Å². The second kappa shape index (κ2) is 7.55. The van der Waals surface area contributed by atoms with E-state index in [1.807, 2.05) is 24.3 Å². The van der Waals surface area contributed by atoms with E-state index in [0.717, 1.165) is 5.56 Å². The summed E-state index contributed by atoms with van der Waals surface area (Å²) >= 11 is 7.34. The van der Waals surface area contributed by atoms with E-state index in [2.05, 4.69) is 15.6 Å². The van der Waals surface area contributed by atoms with Crippen molar-refractivity contribution in [3.63, 3.8) is 0 Å². The molecule has 25 heavy (non-hydrogen) atoms. The highest BCUT2D eigenvalue weighted by molar-refractivity contribution is 8.18. The highest BCUT2D eigenvalue weighted by Gasteiger charge is 2.23. The molecule has 2 amide bonds. The average Bonchev–Trinajstić information content (AvgIpc) is 2.90. The summed E-state index contributed by atoms with van der Waals surface area (Å²) < 4.78 is 0. The molecule has 1 fully saturated rings. The number of thioether (sulfide) groups is 1. The van der Waals surface area contributed by atoms with Crippen molar-refractivity contribution >= 4 is 57.8 Å². The molecule has 126 valence electrons. The molecule has 0 saturated carbocycles. The van der Waals surface area contributed by atoms with Crippen molar-refractivity contribution in [1.82, 2.24) is 5.32 Å². The van der Waals surface area contributed by atoms with Crippen molar-refractivity contribution < 1.29 is 9.59 Å². The maximum absolute atomic E-state index is 12.1. The van der Waals surface area contributed by atoms with Gasteiger partial charge in [0, 0.05) is 12.6 Å². The van der Waals surface area contributed by atoms with E-state index in [4.69, 9.17) is 11.6 Å². The molecule has 2 aromatic carbocycles. The third-order valence-electron chi connectivity index (χ3n) is 3.25. The van der Waals surface area contributed by atoms with E-state index < -0.39 is 0 Å². The van der Waals surface area contributed by atoms with Gasteiger partial charge in [-0.25, -0.2) is 4.99 Å². The third kappa shape index (κ3) is 4.49. The van der Waals surface area contributed by atoms with Crippen LogP contribution < -0.4 is 10.6 Å². The minimum atomic E-state index is -0.207. The number of nitrogens with one attached hydrogen (secondary N) is 2. The fourth-order valence-corrected chi connectivity index (χ4v) is 3.16. The Bertz CT molecular complexity index is 891. The van der Waals surface area contributed by atoms with Gasteiger partial charge < -0.3 is 10.6 Å². The lowest BCUT2D eigenvalue weighted by atomic mass is 10.2. The van der Waals surface area contributed by atoms with Gasteiger partial charge in [-0.15, -0.1) is 0 Å². The van der Waals surface area contributed by atoms with Crippen LogP contribution in [0.2, 0.25) is 5.02 Å². The Labute approximate surface area is 154 Å². The first-order valence-electron chi connectivity index (χ1n) is 7.43. The lowest BCUT2D eigenvalue weighted by Crippen LogP contribution is -2.19. The molecule has 0 unspecified atom stereocenters. The first-order valence-corrected chi connectivity index (χ1v) is 8.62. The molecular weight excluding hydrogens is 358 g/mol. The number of benzene rings is 2. The smallest absolute Gasteiger partial charge is 0.264 e. The Balaban J connectivity index is 1.77. The number of hydrogen-bond donors (Lipinski definition) is 2. The number of carbonyl (C=O) groups excluding carboxylic acids is 2. The van der Waals surface area contributed by atoms with Gasteiger partial charge in [-0.3, -0.25) is 9.59 Å². The summed E-state index contributed by atoms with van der Waals surface area (Å²) in [5.41, 5.74) is 2.16. The summed E-state index contributed by atoms with van der Waals surface area (Å²) in [6.45, 7) is 1.45. The molecule has 1 heterocycles. The van der Waals surface area contributed by atoms with Crippen molar-refractivity contribution in [3.8, 4) is 0 Å². The van der Waals surface area contributed by atoms with Crippen LogP contribution in [0.4, 0.5) is 11.4 Å². The Kier molecular flexibility index (Phi) is 5.21. The Morgan fingerprint density at radius 2 is 1.92 bits per heavy atom. The predicted octanol–water partition coefficient (Wildman–Crippen LogP) is 4.19. The van der Waals surface area contributed by atoms with E-state index >= 15 is 0 Å². The largest absolute Gasteiger partial charge is 0.326 e. The zero-order valence-corrected chi connectivity index (χ0v) is 14.8. The summed E-state index contributed by atoms with van der Waals surface area (Å²) in [6, 6.07) is 14.4. The van der Waals surface area contributed by atoms with Crippen molar-refractivity contribution in [2.75, 3.05) is 5.32 Å². The molecule has 7 heteroatoms. The van der Waals surface area contributed by atoms with Gasteiger partial charge in [0.25, 0.3) is 5.91 Å². The normalized spacial score (nSPS) is 17.0. The summed E-state index contributed by atoms with van der Waals surface area (Å²) in [5.74, 6) is -0.334. The van der Waals surface area contributed by atoms with Gasteiger partial charge >= 0.3 is 0 Å². The average molecular weight is 372 g/mol. The Morgan fingerprint density at radius 1 is 1.20 bits per heavy atom. The molecule has 0 atom stereocenters. The number of aliphatic imine (C=N–C) groups is 1. The van der Waals surface area contributed by atoms with E-state index in [-0.39, 0.29) is 11.8 Å². The van der Waals surface area contributed by atoms with Crippen molar-refractivity contribution in [3.05, 3.63) is 64.0 Å². The number of anilines is 1. The number of amidine groups is 1. The van der Waals surface area contributed by atoms with Crippen molar-refractivity contribution in [2.24, 2.45) is 4.99 Å². The maximum Gasteiger partial charge on any atom is 0.264 e. The number of halogens is 1. The zero-order valence-electron chi connectivity index (χ0n) is 13.2. The van der Waals surface area contributed by atoms with Crippen LogP contribution in [-0.4, -0.2) is 17.0 Å². The predicted molar refractivity (Wildman–Crippen MR) is 103 cm³/mol. The molecule has 5 nitrogen and oxygen atoms in total. The summed E-state index contributed by atoms with van der Waals surface area (Å²) in [5, 5.41) is 6.44. The summed E-state index contributed by atoms with van der Waals surface area (Å²) in [6.07, 6.45) is 1.77. The lowest BCUT2D eigenvalue weighted by molar-refractivity contribution is -0.115. The van der Waals surface area contributed by atoms with Crippen LogP contribution in [0.5, 0.6) is 0 Å². The maximum atomic E-state index is 12.1. The van der Waals surface area contributed by atoms with Crippen LogP contribution >= 0.6 is 23.4 Å². The number of hydrogen-bond acceptors (Lipinski definition) is 4. The molecule has 2 N–H and O–H groups in total. The van der Waals surface area contributed by atoms with Crippen LogP contribution in [0, 0.1) is 0 Å². The third-order valence-corrected chi connectivity index (χ3v) is 4.48. The monoisotopic (exact) mass is 371 g/mol. The Morgan fingerprint density at radius 3 is 2.60 bits per heavy atom. The van der Waals surface area contributed by atoms with Gasteiger partial charge in [0.1, 0.15) is 0 Å². The molecule has 0 aromatic heterocycles. The highest BCUT2D eigenvalue weighted by atomic mass is 35.5. The van der Waals surface area contributed by atoms with Crippen LogP contribution in [0.1, 0.15) is 12.5 Å². The SMILES string of the molecule is CC(=O)Nc1ccc(C=C2SC(=Nc3ccccc3Cl)NC2=O)cc1.